The van der Waals surface area contributed by atoms with Crippen molar-refractivity contribution in [1.29, 1.82) is 0 Å². The van der Waals surface area contributed by atoms with Crippen molar-refractivity contribution in [3.63, 3.8) is 0 Å². The zero-order valence-electron chi connectivity index (χ0n) is 10.9. The zero-order chi connectivity index (χ0) is 14.2. The lowest BCUT2D eigenvalue weighted by Gasteiger charge is -2.31. The number of ether oxygens (including phenoxy) is 1. The molecule has 0 amide bonds. The summed E-state index contributed by atoms with van der Waals surface area (Å²) < 4.78 is 31.4. The molecule has 0 saturated heterocycles. The van der Waals surface area contributed by atoms with Crippen LogP contribution in [0.2, 0.25) is 0 Å². The number of hydrogen-bond acceptors (Lipinski definition) is 5. The third-order valence-corrected chi connectivity index (χ3v) is 6.12. The van der Waals surface area contributed by atoms with Crippen LogP contribution in [0.15, 0.2) is 21.4 Å². The van der Waals surface area contributed by atoms with Crippen molar-refractivity contribution in [2.45, 2.75) is 31.0 Å². The molecule has 0 aromatic carbocycles. The first-order valence-electron chi connectivity index (χ1n) is 5.90. The molecule has 0 aliphatic carbocycles. The van der Waals surface area contributed by atoms with Gasteiger partial charge in [0.25, 0.3) is 10.0 Å². The van der Waals surface area contributed by atoms with E-state index in [-0.39, 0.29) is 22.6 Å². The predicted octanol–water partition coefficient (Wildman–Crippen LogP) is 2.06. The molecule has 5 nitrogen and oxygen atoms in total. The molecule has 19 heavy (non-hydrogen) atoms. The summed E-state index contributed by atoms with van der Waals surface area (Å²) in [6.45, 7) is 5.34. The highest BCUT2D eigenvalue weighted by Crippen LogP contribution is 2.36. The molecule has 0 spiro atoms. The van der Waals surface area contributed by atoms with Crippen LogP contribution in [0.3, 0.4) is 0 Å². The highest BCUT2D eigenvalue weighted by molar-refractivity contribution is 7.91. The molecule has 0 fully saturated rings. The molecule has 2 rings (SSSR count). The van der Waals surface area contributed by atoms with Gasteiger partial charge in [-0.2, -0.15) is 0 Å². The van der Waals surface area contributed by atoms with Gasteiger partial charge >= 0.3 is 5.97 Å². The van der Waals surface area contributed by atoms with Gasteiger partial charge in [-0.1, -0.05) is 0 Å². The molecule has 0 bridgehead atoms. The quantitative estimate of drug-likeness (QED) is 0.802. The summed E-state index contributed by atoms with van der Waals surface area (Å²) in [5, 5.41) is 1.70. The molecular weight excluding hydrogens is 286 g/mol. The number of hydrogen-bond donors (Lipinski definition) is 0. The van der Waals surface area contributed by atoms with E-state index in [1.54, 1.807) is 38.3 Å². The minimum atomic E-state index is -3.67. The Hall–Kier alpha value is -1.34. The lowest BCUT2D eigenvalue weighted by Crippen LogP contribution is -2.40. The third-order valence-electron chi connectivity index (χ3n) is 2.63. The van der Waals surface area contributed by atoms with Gasteiger partial charge in [0.2, 0.25) is 0 Å². The highest BCUT2D eigenvalue weighted by Gasteiger charge is 2.38. The number of nitrogens with zero attached hydrogens (tertiary/aromatic N) is 1. The fourth-order valence-electron chi connectivity index (χ4n) is 1.96. The zero-order valence-corrected chi connectivity index (χ0v) is 12.5. The number of carbonyl (C=O) groups is 1. The SMILES string of the molecule is CCOC(=O)C1=Cc2ccsc2S(=O)(=O)N1C(C)C. The van der Waals surface area contributed by atoms with Gasteiger partial charge in [-0.3, -0.25) is 4.31 Å². The molecule has 0 N–H and O–H groups in total. The van der Waals surface area contributed by atoms with Gasteiger partial charge < -0.3 is 4.74 Å². The Labute approximate surface area is 116 Å². The second-order valence-corrected chi connectivity index (χ2v) is 7.23. The van der Waals surface area contributed by atoms with E-state index in [0.717, 1.165) is 15.6 Å². The molecule has 1 aliphatic rings. The van der Waals surface area contributed by atoms with Crippen molar-refractivity contribution in [2.75, 3.05) is 6.61 Å². The Morgan fingerprint density at radius 1 is 1.47 bits per heavy atom. The minimum Gasteiger partial charge on any atom is -0.461 e. The molecule has 1 aromatic rings. The van der Waals surface area contributed by atoms with E-state index in [0.29, 0.717) is 5.56 Å². The normalized spacial score (nSPS) is 17.1. The Morgan fingerprint density at radius 3 is 2.74 bits per heavy atom. The molecule has 0 radical (unpaired) electrons. The van der Waals surface area contributed by atoms with E-state index in [2.05, 4.69) is 0 Å². The number of carbonyl (C=O) groups excluding carboxylic acids is 1. The number of fused-ring (bicyclic) bond motifs is 1. The number of sulfonamides is 1. The van der Waals surface area contributed by atoms with Gasteiger partial charge in [0.05, 0.1) is 6.61 Å². The fraction of sp³-hybridized carbons (Fsp3) is 0.417. The van der Waals surface area contributed by atoms with Crippen molar-refractivity contribution < 1.29 is 17.9 Å². The van der Waals surface area contributed by atoms with Crippen LogP contribution in [0.4, 0.5) is 0 Å². The monoisotopic (exact) mass is 301 g/mol. The largest absolute Gasteiger partial charge is 0.461 e. The second-order valence-electron chi connectivity index (χ2n) is 4.31. The van der Waals surface area contributed by atoms with Crippen LogP contribution >= 0.6 is 11.3 Å². The second kappa shape index (κ2) is 4.97. The van der Waals surface area contributed by atoms with Gasteiger partial charge in [0.15, 0.2) is 0 Å². The Balaban J connectivity index is 2.61. The Kier molecular flexibility index (Phi) is 3.69. The van der Waals surface area contributed by atoms with Crippen LogP contribution in [-0.2, 0) is 19.6 Å². The lowest BCUT2D eigenvalue weighted by atomic mass is 10.2. The van der Waals surface area contributed by atoms with Crippen molar-refractivity contribution >= 4 is 33.4 Å². The molecule has 7 heteroatoms. The van der Waals surface area contributed by atoms with Crippen LogP contribution in [-0.4, -0.2) is 31.3 Å². The van der Waals surface area contributed by atoms with Crippen LogP contribution in [0.5, 0.6) is 0 Å². The van der Waals surface area contributed by atoms with Crippen LogP contribution in [0.1, 0.15) is 26.3 Å². The van der Waals surface area contributed by atoms with Crippen LogP contribution < -0.4 is 0 Å². The maximum atomic E-state index is 12.5. The van der Waals surface area contributed by atoms with Gasteiger partial charge in [0.1, 0.15) is 9.91 Å². The molecule has 0 unspecified atom stereocenters. The van der Waals surface area contributed by atoms with Crippen molar-refractivity contribution in [3.05, 3.63) is 22.7 Å². The fourth-order valence-corrected chi connectivity index (χ4v) is 5.00. The van der Waals surface area contributed by atoms with Gasteiger partial charge in [-0.05, 0) is 38.3 Å². The smallest absolute Gasteiger partial charge is 0.355 e. The third kappa shape index (κ3) is 2.28. The Morgan fingerprint density at radius 2 is 2.16 bits per heavy atom. The summed E-state index contributed by atoms with van der Waals surface area (Å²) >= 11 is 1.15. The van der Waals surface area contributed by atoms with E-state index in [1.807, 2.05) is 0 Å². The Bertz CT molecular complexity index is 628. The highest BCUT2D eigenvalue weighted by atomic mass is 32.2. The first-order valence-corrected chi connectivity index (χ1v) is 8.22. The molecule has 1 aliphatic heterocycles. The van der Waals surface area contributed by atoms with Crippen molar-refractivity contribution in [1.82, 2.24) is 4.31 Å². The predicted molar refractivity (Wildman–Crippen MR) is 73.1 cm³/mol. The first-order chi connectivity index (χ1) is 8.89. The maximum absolute atomic E-state index is 12.5. The van der Waals surface area contributed by atoms with Crippen molar-refractivity contribution in [2.24, 2.45) is 0 Å². The first kappa shape index (κ1) is 14.1. The maximum Gasteiger partial charge on any atom is 0.355 e. The summed E-state index contributed by atoms with van der Waals surface area (Å²) in [5.41, 5.74) is 0.618. The summed E-state index contributed by atoms with van der Waals surface area (Å²) in [5.74, 6) is -0.614. The van der Waals surface area contributed by atoms with Crippen LogP contribution in [0.25, 0.3) is 6.08 Å². The van der Waals surface area contributed by atoms with E-state index in [9.17, 15) is 13.2 Å². The number of rotatable bonds is 3. The topological polar surface area (TPSA) is 63.7 Å². The number of esters is 1. The average Bonchev–Trinajstić information content (AvgIpc) is 2.76. The van der Waals surface area contributed by atoms with Crippen molar-refractivity contribution in [3.8, 4) is 0 Å². The molecule has 0 saturated carbocycles. The standard InChI is InChI=1S/C12H15NO4S2/c1-4-17-11(14)10-7-9-5-6-18-12(9)19(15,16)13(10)8(2)3/h5-8H,4H2,1-3H3. The summed E-state index contributed by atoms with van der Waals surface area (Å²) in [7, 11) is -3.67. The summed E-state index contributed by atoms with van der Waals surface area (Å²) in [6, 6.07) is 1.34. The molecule has 1 aromatic heterocycles. The molecule has 2 heterocycles. The average molecular weight is 301 g/mol. The summed E-state index contributed by atoms with van der Waals surface area (Å²) in [6.07, 6.45) is 1.57. The summed E-state index contributed by atoms with van der Waals surface area (Å²) in [4.78, 5) is 11.9. The number of thiophene rings is 1. The van der Waals surface area contributed by atoms with E-state index in [1.165, 1.54) is 0 Å². The van der Waals surface area contributed by atoms with Gasteiger partial charge in [-0.25, -0.2) is 13.2 Å². The van der Waals surface area contributed by atoms with E-state index in [4.69, 9.17) is 4.74 Å². The minimum absolute atomic E-state index is 0.0720. The van der Waals surface area contributed by atoms with Gasteiger partial charge in [-0.15, -0.1) is 11.3 Å². The van der Waals surface area contributed by atoms with Gasteiger partial charge in [0, 0.05) is 11.6 Å². The van der Waals surface area contributed by atoms with Crippen LogP contribution in [0, 0.1) is 0 Å². The molecular formula is C12H15NO4S2. The molecule has 104 valence electrons. The lowest BCUT2D eigenvalue weighted by molar-refractivity contribution is -0.139. The van der Waals surface area contributed by atoms with E-state index >= 15 is 0 Å². The molecule has 0 atom stereocenters. The van der Waals surface area contributed by atoms with E-state index < -0.39 is 16.0 Å².